The van der Waals surface area contributed by atoms with Crippen LogP contribution in [-0.2, 0) is 6.42 Å². The fraction of sp³-hybridized carbons (Fsp3) is 0.400. The maximum Gasteiger partial charge on any atom is 0.347 e. The van der Waals surface area contributed by atoms with Crippen LogP contribution in [-0.4, -0.2) is 16.6 Å². The van der Waals surface area contributed by atoms with Crippen LogP contribution < -0.4 is 0 Å². The summed E-state index contributed by atoms with van der Waals surface area (Å²) in [5, 5.41) is 6.04. The predicted molar refractivity (Wildman–Crippen MR) is 56.7 cm³/mol. The van der Waals surface area contributed by atoms with Gasteiger partial charge in [-0.15, -0.1) is 0 Å². The lowest BCUT2D eigenvalue weighted by Crippen LogP contribution is -2.29. The second-order valence-electron chi connectivity index (χ2n) is 3.35. The van der Waals surface area contributed by atoms with E-state index >= 15 is 0 Å². The second kappa shape index (κ2) is 4.64. The number of aliphatic hydroxyl groups is 1. The maximum absolute atomic E-state index is 12.5. The van der Waals surface area contributed by atoms with Crippen LogP contribution in [0.1, 0.15) is 11.1 Å². The van der Waals surface area contributed by atoms with Gasteiger partial charge in [0, 0.05) is 11.4 Å². The van der Waals surface area contributed by atoms with Gasteiger partial charge in [0.05, 0.1) is 0 Å². The van der Waals surface area contributed by atoms with E-state index in [9.17, 15) is 8.78 Å². The van der Waals surface area contributed by atoms with Crippen LogP contribution in [0.15, 0.2) is 18.2 Å². The van der Waals surface area contributed by atoms with E-state index in [1.165, 1.54) is 0 Å². The summed E-state index contributed by atoms with van der Waals surface area (Å²) in [6.45, 7) is 1.76. The zero-order valence-electron chi connectivity index (χ0n) is 7.98. The summed E-state index contributed by atoms with van der Waals surface area (Å²) in [7, 11) is 0. The Morgan fingerprint density at radius 3 is 2.53 bits per heavy atom. The molecule has 5 heteroatoms. The van der Waals surface area contributed by atoms with Gasteiger partial charge in [-0.3, -0.25) is 0 Å². The van der Waals surface area contributed by atoms with E-state index in [2.05, 4.69) is 0 Å². The molecule has 0 aliphatic rings. The minimum absolute atomic E-state index is 0.200. The molecule has 0 amide bonds. The average molecular weight is 255 g/mol. The molecule has 0 aromatic heterocycles. The van der Waals surface area contributed by atoms with Gasteiger partial charge in [-0.05, 0) is 35.7 Å². The molecule has 1 aromatic rings. The van der Waals surface area contributed by atoms with Gasteiger partial charge in [-0.2, -0.15) is 8.78 Å². The van der Waals surface area contributed by atoms with Gasteiger partial charge in [0.2, 0.25) is 0 Å². The summed E-state index contributed by atoms with van der Waals surface area (Å²) in [6.07, 6.45) is -2.09. The maximum atomic E-state index is 12.5. The number of rotatable bonds is 3. The Labute approximate surface area is 96.6 Å². The van der Waals surface area contributed by atoms with Gasteiger partial charge in [0.15, 0.2) is 0 Å². The van der Waals surface area contributed by atoms with Crippen LogP contribution in [0.3, 0.4) is 0 Å². The molecule has 0 saturated carbocycles. The second-order valence-corrected chi connectivity index (χ2v) is 4.26. The van der Waals surface area contributed by atoms with Crippen molar-refractivity contribution < 1.29 is 13.9 Å². The summed E-state index contributed by atoms with van der Waals surface area (Å²) in [6, 6.07) is 4.83. The van der Waals surface area contributed by atoms with Crippen molar-refractivity contribution in [3.05, 3.63) is 34.3 Å². The quantitative estimate of drug-likeness (QED) is 0.821. The summed E-state index contributed by atoms with van der Waals surface area (Å²) in [5.74, 6) is 0. The lowest BCUT2D eigenvalue weighted by molar-refractivity contribution is -0.0397. The van der Waals surface area contributed by atoms with Crippen molar-refractivity contribution in [2.75, 3.05) is 0 Å². The first-order chi connectivity index (χ1) is 6.80. The van der Waals surface area contributed by atoms with Gasteiger partial charge in [0.1, 0.15) is 6.10 Å². The normalized spacial score (nSPS) is 14.0. The van der Waals surface area contributed by atoms with E-state index in [1.807, 2.05) is 0 Å². The molecule has 0 spiro atoms. The average Bonchev–Trinajstić information content (AvgIpc) is 2.10. The van der Waals surface area contributed by atoms with Crippen molar-refractivity contribution in [2.45, 2.75) is 24.8 Å². The number of aliphatic hydroxyl groups excluding tert-OH is 1. The van der Waals surface area contributed by atoms with Crippen molar-refractivity contribution in [2.24, 2.45) is 0 Å². The first kappa shape index (κ1) is 12.7. The topological polar surface area (TPSA) is 20.2 Å². The first-order valence-electron chi connectivity index (χ1n) is 4.30. The van der Waals surface area contributed by atoms with Crippen molar-refractivity contribution in [1.29, 1.82) is 0 Å². The molecule has 0 aliphatic carbocycles. The van der Waals surface area contributed by atoms with E-state index < -0.39 is 11.5 Å². The Morgan fingerprint density at radius 2 is 2.07 bits per heavy atom. The molecule has 15 heavy (non-hydrogen) atoms. The third kappa shape index (κ3) is 3.59. The Bertz CT molecular complexity index is 350. The molecule has 1 nitrogen and oxygen atoms in total. The molecule has 84 valence electrons. The largest absolute Gasteiger partial charge is 0.385 e. The molecule has 0 radical (unpaired) electrons. The van der Waals surface area contributed by atoms with Crippen molar-refractivity contribution in [3.8, 4) is 0 Å². The predicted octanol–water partition coefficient (Wildman–Crippen LogP) is 3.38. The van der Waals surface area contributed by atoms with Crippen molar-refractivity contribution in [3.63, 3.8) is 0 Å². The molecule has 0 heterocycles. The lowest BCUT2D eigenvalue weighted by atomic mass is 10.1. The van der Waals surface area contributed by atoms with Gasteiger partial charge < -0.3 is 5.11 Å². The van der Waals surface area contributed by atoms with E-state index in [0.29, 0.717) is 10.6 Å². The van der Waals surface area contributed by atoms with E-state index in [-0.39, 0.29) is 6.42 Å². The highest BCUT2D eigenvalue weighted by atomic mass is 35.5. The summed E-state index contributed by atoms with van der Waals surface area (Å²) >= 11 is 10.5. The molecular weight excluding hydrogens is 245 g/mol. The van der Waals surface area contributed by atoms with E-state index in [4.69, 9.17) is 28.3 Å². The lowest BCUT2D eigenvalue weighted by Gasteiger charge is -2.16. The number of alkyl halides is 3. The Hall–Kier alpha value is -0.380. The van der Waals surface area contributed by atoms with E-state index in [1.54, 1.807) is 25.1 Å². The molecule has 0 fully saturated rings. The monoisotopic (exact) mass is 254 g/mol. The molecule has 1 aromatic carbocycles. The number of hydrogen-bond donors (Lipinski definition) is 1. The number of halogens is 4. The number of benzene rings is 1. The SMILES string of the molecule is Cc1cc(CC(O)C(F)(F)Cl)ccc1Cl. The fourth-order valence-corrected chi connectivity index (χ4v) is 1.37. The van der Waals surface area contributed by atoms with Crippen molar-refractivity contribution >= 4 is 23.2 Å². The van der Waals surface area contributed by atoms with Crippen LogP contribution in [0.2, 0.25) is 5.02 Å². The molecule has 0 bridgehead atoms. The van der Waals surface area contributed by atoms with Gasteiger partial charge in [-0.25, -0.2) is 0 Å². The zero-order valence-corrected chi connectivity index (χ0v) is 9.49. The molecule has 0 aliphatic heterocycles. The minimum atomic E-state index is -3.60. The highest BCUT2D eigenvalue weighted by molar-refractivity contribution is 6.31. The Morgan fingerprint density at radius 1 is 1.47 bits per heavy atom. The molecule has 0 saturated heterocycles. The number of aryl methyl sites for hydroxylation is 1. The standard InChI is InChI=1S/C10H10Cl2F2O/c1-6-4-7(2-3-8(6)11)5-9(15)10(12,13)14/h2-4,9,15H,5H2,1H3. The Balaban J connectivity index is 2.78. The summed E-state index contributed by atoms with van der Waals surface area (Å²) in [5.41, 5.74) is 1.35. The highest BCUT2D eigenvalue weighted by Crippen LogP contribution is 2.26. The van der Waals surface area contributed by atoms with Crippen LogP contribution in [0.5, 0.6) is 0 Å². The van der Waals surface area contributed by atoms with Gasteiger partial charge >= 0.3 is 5.38 Å². The van der Waals surface area contributed by atoms with Crippen LogP contribution >= 0.6 is 23.2 Å². The van der Waals surface area contributed by atoms with Crippen molar-refractivity contribution in [1.82, 2.24) is 0 Å². The molecule has 1 atom stereocenters. The molecule has 1 unspecified atom stereocenters. The highest BCUT2D eigenvalue weighted by Gasteiger charge is 2.35. The molecule has 1 rings (SSSR count). The molecule has 1 N–H and O–H groups in total. The first-order valence-corrected chi connectivity index (χ1v) is 5.06. The minimum Gasteiger partial charge on any atom is -0.385 e. The third-order valence-electron chi connectivity index (χ3n) is 2.03. The Kier molecular flexibility index (Phi) is 3.93. The smallest absolute Gasteiger partial charge is 0.347 e. The third-order valence-corrected chi connectivity index (χ3v) is 2.71. The van der Waals surface area contributed by atoms with E-state index in [0.717, 1.165) is 5.56 Å². The van der Waals surface area contributed by atoms with Gasteiger partial charge in [-0.1, -0.05) is 23.7 Å². The zero-order chi connectivity index (χ0) is 11.6. The van der Waals surface area contributed by atoms with Crippen LogP contribution in [0.4, 0.5) is 8.78 Å². The summed E-state index contributed by atoms with van der Waals surface area (Å²) in [4.78, 5) is 0. The van der Waals surface area contributed by atoms with Gasteiger partial charge in [0.25, 0.3) is 0 Å². The van der Waals surface area contributed by atoms with Crippen LogP contribution in [0.25, 0.3) is 0 Å². The summed E-state index contributed by atoms with van der Waals surface area (Å²) < 4.78 is 24.9. The number of hydrogen-bond acceptors (Lipinski definition) is 1. The fourth-order valence-electron chi connectivity index (χ4n) is 1.17. The molecular formula is C10H10Cl2F2O. The van der Waals surface area contributed by atoms with Crippen LogP contribution in [0, 0.1) is 6.92 Å².